The zero-order valence-corrected chi connectivity index (χ0v) is 7.86. The summed E-state index contributed by atoms with van der Waals surface area (Å²) >= 11 is 0. The number of carbonyl (C=O) groups excluding carboxylic acids is 1. The van der Waals surface area contributed by atoms with Gasteiger partial charge in [-0.15, -0.1) is 0 Å². The first-order valence-corrected chi connectivity index (χ1v) is 4.41. The number of carbonyl (C=O) groups is 2. The van der Waals surface area contributed by atoms with E-state index in [1.165, 1.54) is 0 Å². The van der Waals surface area contributed by atoms with Crippen molar-refractivity contribution < 1.29 is 28.2 Å². The number of hydrogen-bond donors (Lipinski definition) is 1. The lowest BCUT2D eigenvalue weighted by Crippen LogP contribution is -2.48. The van der Waals surface area contributed by atoms with Crippen molar-refractivity contribution in [3.8, 4) is 0 Å². The number of alkyl halides is 2. The van der Waals surface area contributed by atoms with Crippen LogP contribution < -0.4 is 0 Å². The summed E-state index contributed by atoms with van der Waals surface area (Å²) in [6.07, 6.45) is -4.03. The first-order chi connectivity index (χ1) is 7.00. The Balaban J connectivity index is 2.48. The lowest BCUT2D eigenvalue weighted by molar-refractivity contribution is -0.154. The van der Waals surface area contributed by atoms with E-state index >= 15 is 0 Å². The Morgan fingerprint density at radius 2 is 2.20 bits per heavy atom. The molecule has 0 bridgehead atoms. The largest absolute Gasteiger partial charge is 0.481 e. The minimum absolute atomic E-state index is 0.0826. The number of ether oxygens (including phenoxy) is 1. The molecular formula is C8H11F2NO4. The van der Waals surface area contributed by atoms with Gasteiger partial charge in [-0.3, -0.25) is 9.59 Å². The second kappa shape index (κ2) is 5.01. The first kappa shape index (κ1) is 11.8. The highest BCUT2D eigenvalue weighted by Crippen LogP contribution is 2.11. The van der Waals surface area contributed by atoms with Crippen LogP contribution in [0.5, 0.6) is 0 Å². The second-order valence-corrected chi connectivity index (χ2v) is 3.18. The minimum Gasteiger partial charge on any atom is -0.481 e. The molecule has 1 aliphatic rings. The quantitative estimate of drug-likeness (QED) is 0.728. The number of carboxylic acid groups (broad SMARTS) is 1. The van der Waals surface area contributed by atoms with Crippen LogP contribution in [0.4, 0.5) is 8.78 Å². The number of carboxylic acids is 1. The molecule has 1 fully saturated rings. The monoisotopic (exact) mass is 223 g/mol. The summed E-state index contributed by atoms with van der Waals surface area (Å²) in [6.45, 7) is 0.0885. The second-order valence-electron chi connectivity index (χ2n) is 3.18. The van der Waals surface area contributed by atoms with E-state index in [0.717, 1.165) is 4.90 Å². The first-order valence-electron chi connectivity index (χ1n) is 4.41. The highest BCUT2D eigenvalue weighted by Gasteiger charge is 2.29. The molecule has 1 N–H and O–H groups in total. The van der Waals surface area contributed by atoms with Gasteiger partial charge in [0.1, 0.15) is 0 Å². The van der Waals surface area contributed by atoms with Crippen molar-refractivity contribution in [3.05, 3.63) is 0 Å². The Hall–Kier alpha value is -1.24. The predicted octanol–water partition coefficient (Wildman–Crippen LogP) is -0.0464. The van der Waals surface area contributed by atoms with Crippen LogP contribution >= 0.6 is 0 Å². The Labute approximate surface area is 84.6 Å². The van der Waals surface area contributed by atoms with Gasteiger partial charge in [-0.05, 0) is 0 Å². The maximum absolute atomic E-state index is 12.1. The van der Waals surface area contributed by atoms with Crippen LogP contribution in [-0.2, 0) is 14.3 Å². The number of morpholine rings is 1. The van der Waals surface area contributed by atoms with Crippen molar-refractivity contribution in [1.82, 2.24) is 4.90 Å². The maximum atomic E-state index is 12.1. The third kappa shape index (κ3) is 3.43. The van der Waals surface area contributed by atoms with Gasteiger partial charge in [-0.1, -0.05) is 0 Å². The molecule has 86 valence electrons. The van der Waals surface area contributed by atoms with Gasteiger partial charge < -0.3 is 14.7 Å². The smallest absolute Gasteiger partial charge is 0.315 e. The SMILES string of the molecule is O=C(O)CC1CN(C(=O)C(F)F)CCO1. The van der Waals surface area contributed by atoms with Crippen LogP contribution in [0.15, 0.2) is 0 Å². The molecule has 5 nitrogen and oxygen atoms in total. The molecule has 0 radical (unpaired) electrons. The number of amides is 1. The van der Waals surface area contributed by atoms with E-state index in [-0.39, 0.29) is 26.1 Å². The van der Waals surface area contributed by atoms with Crippen molar-refractivity contribution in [1.29, 1.82) is 0 Å². The normalized spacial score (nSPS) is 21.8. The summed E-state index contributed by atoms with van der Waals surface area (Å²) in [7, 11) is 0. The van der Waals surface area contributed by atoms with Crippen LogP contribution in [0.25, 0.3) is 0 Å². The summed E-state index contributed by atoms with van der Waals surface area (Å²) in [5, 5.41) is 8.47. The average Bonchev–Trinajstić information content (AvgIpc) is 2.16. The minimum atomic E-state index is -3.05. The summed E-state index contributed by atoms with van der Waals surface area (Å²) in [4.78, 5) is 22.2. The molecule has 1 saturated heterocycles. The van der Waals surface area contributed by atoms with E-state index in [2.05, 4.69) is 0 Å². The molecule has 0 aromatic heterocycles. The van der Waals surface area contributed by atoms with Gasteiger partial charge in [-0.25, -0.2) is 0 Å². The van der Waals surface area contributed by atoms with Crippen molar-refractivity contribution in [2.24, 2.45) is 0 Å². The maximum Gasteiger partial charge on any atom is 0.315 e. The summed E-state index contributed by atoms with van der Waals surface area (Å²) in [6, 6.07) is 0. The van der Waals surface area contributed by atoms with Crippen LogP contribution in [-0.4, -0.2) is 54.1 Å². The molecule has 1 atom stereocenters. The third-order valence-electron chi connectivity index (χ3n) is 2.04. The number of aliphatic carboxylic acids is 1. The number of nitrogens with zero attached hydrogens (tertiary/aromatic N) is 1. The van der Waals surface area contributed by atoms with Gasteiger partial charge in [0.2, 0.25) is 0 Å². The number of rotatable bonds is 3. The van der Waals surface area contributed by atoms with Gasteiger partial charge in [0.05, 0.1) is 19.1 Å². The lowest BCUT2D eigenvalue weighted by Gasteiger charge is -2.31. The molecular weight excluding hydrogens is 212 g/mol. The average molecular weight is 223 g/mol. The van der Waals surface area contributed by atoms with Gasteiger partial charge in [0.15, 0.2) is 0 Å². The molecule has 0 spiro atoms. The summed E-state index contributed by atoms with van der Waals surface area (Å²) < 4.78 is 29.1. The Morgan fingerprint density at radius 1 is 1.53 bits per heavy atom. The van der Waals surface area contributed by atoms with Gasteiger partial charge in [-0.2, -0.15) is 8.78 Å². The highest BCUT2D eigenvalue weighted by molar-refractivity contribution is 5.79. The van der Waals surface area contributed by atoms with E-state index < -0.39 is 24.4 Å². The highest BCUT2D eigenvalue weighted by atomic mass is 19.3. The van der Waals surface area contributed by atoms with Crippen molar-refractivity contribution in [2.45, 2.75) is 19.0 Å². The van der Waals surface area contributed by atoms with Crippen molar-refractivity contribution >= 4 is 11.9 Å². The van der Waals surface area contributed by atoms with Crippen LogP contribution in [0.1, 0.15) is 6.42 Å². The molecule has 1 aliphatic heterocycles. The molecule has 0 aromatic rings. The molecule has 1 heterocycles. The molecule has 1 unspecified atom stereocenters. The fourth-order valence-electron chi connectivity index (χ4n) is 1.38. The van der Waals surface area contributed by atoms with Gasteiger partial charge in [0.25, 0.3) is 5.91 Å². The molecule has 0 aliphatic carbocycles. The van der Waals surface area contributed by atoms with E-state index in [4.69, 9.17) is 9.84 Å². The van der Waals surface area contributed by atoms with Gasteiger partial charge in [0, 0.05) is 13.1 Å². The molecule has 0 saturated carbocycles. The van der Waals surface area contributed by atoms with Crippen LogP contribution in [0, 0.1) is 0 Å². The van der Waals surface area contributed by atoms with E-state index in [1.54, 1.807) is 0 Å². The molecule has 0 aromatic carbocycles. The lowest BCUT2D eigenvalue weighted by atomic mass is 10.2. The third-order valence-corrected chi connectivity index (χ3v) is 2.04. The Bertz CT molecular complexity index is 259. The molecule has 7 heteroatoms. The fourth-order valence-corrected chi connectivity index (χ4v) is 1.38. The summed E-state index contributed by atoms with van der Waals surface area (Å²) in [5.74, 6) is -2.35. The Morgan fingerprint density at radius 3 is 2.73 bits per heavy atom. The molecule has 1 rings (SSSR count). The van der Waals surface area contributed by atoms with E-state index in [0.29, 0.717) is 0 Å². The zero-order valence-electron chi connectivity index (χ0n) is 7.86. The summed E-state index contributed by atoms with van der Waals surface area (Å²) in [5.41, 5.74) is 0. The van der Waals surface area contributed by atoms with Crippen LogP contribution in [0.3, 0.4) is 0 Å². The van der Waals surface area contributed by atoms with E-state index in [9.17, 15) is 18.4 Å². The topological polar surface area (TPSA) is 66.8 Å². The number of halogens is 2. The fraction of sp³-hybridized carbons (Fsp3) is 0.750. The van der Waals surface area contributed by atoms with Crippen molar-refractivity contribution in [2.75, 3.05) is 19.7 Å². The standard InChI is InChI=1S/C8H11F2NO4/c9-7(10)8(14)11-1-2-15-5(4-11)3-6(12)13/h5,7H,1-4H2,(H,12,13). The van der Waals surface area contributed by atoms with Crippen molar-refractivity contribution in [3.63, 3.8) is 0 Å². The van der Waals surface area contributed by atoms with E-state index in [1.807, 2.05) is 0 Å². The molecule has 1 amide bonds. The predicted molar refractivity (Wildman–Crippen MR) is 44.6 cm³/mol. The Kier molecular flexibility index (Phi) is 3.96. The molecule has 15 heavy (non-hydrogen) atoms. The van der Waals surface area contributed by atoms with Crippen LogP contribution in [0.2, 0.25) is 0 Å². The number of hydrogen-bond acceptors (Lipinski definition) is 3. The van der Waals surface area contributed by atoms with Gasteiger partial charge >= 0.3 is 12.4 Å². The zero-order chi connectivity index (χ0) is 11.4.